The predicted molar refractivity (Wildman–Crippen MR) is 44.0 cm³/mol. The first-order chi connectivity index (χ1) is 4.60. The third-order valence-corrected chi connectivity index (χ3v) is 1.76. The second-order valence-electron chi connectivity index (χ2n) is 3.38. The van der Waals surface area contributed by atoms with Gasteiger partial charge in [-0.3, -0.25) is 4.79 Å². The summed E-state index contributed by atoms with van der Waals surface area (Å²) in [6, 6.07) is 0. The summed E-state index contributed by atoms with van der Waals surface area (Å²) in [4.78, 5) is 10.7. The SMILES string of the molecule is CC.CC1(C)CCC(=O)C1. The van der Waals surface area contributed by atoms with E-state index in [-0.39, 0.29) is 0 Å². The second kappa shape index (κ2) is 3.75. The van der Waals surface area contributed by atoms with Crippen molar-refractivity contribution in [3.63, 3.8) is 0 Å². The molecule has 0 aromatic carbocycles. The van der Waals surface area contributed by atoms with Crippen molar-refractivity contribution in [2.75, 3.05) is 0 Å². The van der Waals surface area contributed by atoms with Crippen molar-refractivity contribution in [1.29, 1.82) is 0 Å². The van der Waals surface area contributed by atoms with Crippen LogP contribution < -0.4 is 0 Å². The number of carbonyl (C=O) groups excluding carboxylic acids is 1. The molecular weight excluding hydrogens is 124 g/mol. The van der Waals surface area contributed by atoms with E-state index in [1.807, 2.05) is 13.8 Å². The minimum Gasteiger partial charge on any atom is -0.300 e. The van der Waals surface area contributed by atoms with Gasteiger partial charge in [0.25, 0.3) is 0 Å². The number of rotatable bonds is 0. The maximum absolute atomic E-state index is 10.7. The van der Waals surface area contributed by atoms with Crippen molar-refractivity contribution in [3.05, 3.63) is 0 Å². The molecule has 0 aromatic rings. The number of ketones is 1. The Morgan fingerprint density at radius 2 is 1.80 bits per heavy atom. The maximum atomic E-state index is 10.7. The van der Waals surface area contributed by atoms with Gasteiger partial charge in [0.15, 0.2) is 0 Å². The molecule has 1 fully saturated rings. The van der Waals surface area contributed by atoms with Gasteiger partial charge in [-0.05, 0) is 11.8 Å². The van der Waals surface area contributed by atoms with Gasteiger partial charge < -0.3 is 0 Å². The van der Waals surface area contributed by atoms with Gasteiger partial charge in [0.2, 0.25) is 0 Å². The molecule has 1 heteroatoms. The lowest BCUT2D eigenvalue weighted by atomic mass is 9.92. The zero-order valence-corrected chi connectivity index (χ0v) is 7.53. The highest BCUT2D eigenvalue weighted by atomic mass is 16.1. The zero-order chi connectivity index (χ0) is 8.20. The van der Waals surface area contributed by atoms with Gasteiger partial charge in [-0.15, -0.1) is 0 Å². The summed E-state index contributed by atoms with van der Waals surface area (Å²) >= 11 is 0. The summed E-state index contributed by atoms with van der Waals surface area (Å²) in [5, 5.41) is 0. The number of Topliss-reactive ketones (excluding diaryl/α,β-unsaturated/α-hetero) is 1. The summed E-state index contributed by atoms with van der Waals surface area (Å²) in [5.41, 5.74) is 0.317. The van der Waals surface area contributed by atoms with Crippen molar-refractivity contribution in [2.45, 2.75) is 47.0 Å². The Bertz CT molecular complexity index is 114. The molecule has 0 bridgehead atoms. The summed E-state index contributed by atoms with van der Waals surface area (Å²) in [5.74, 6) is 0.440. The number of carbonyl (C=O) groups is 1. The molecule has 1 rings (SSSR count). The Balaban J connectivity index is 0.000000371. The van der Waals surface area contributed by atoms with Crippen molar-refractivity contribution in [2.24, 2.45) is 5.41 Å². The molecule has 1 aliphatic rings. The van der Waals surface area contributed by atoms with E-state index in [0.29, 0.717) is 11.2 Å². The fourth-order valence-electron chi connectivity index (χ4n) is 1.19. The van der Waals surface area contributed by atoms with Gasteiger partial charge in [-0.1, -0.05) is 27.7 Å². The molecule has 0 aromatic heterocycles. The molecule has 0 unspecified atom stereocenters. The quantitative estimate of drug-likeness (QED) is 0.508. The Hall–Kier alpha value is -0.330. The van der Waals surface area contributed by atoms with Crippen molar-refractivity contribution < 1.29 is 4.79 Å². The lowest BCUT2D eigenvalue weighted by Crippen LogP contribution is -2.04. The van der Waals surface area contributed by atoms with E-state index in [9.17, 15) is 4.79 Å². The molecule has 0 aliphatic heterocycles. The summed E-state index contributed by atoms with van der Waals surface area (Å²) in [7, 11) is 0. The van der Waals surface area contributed by atoms with Gasteiger partial charge in [0.1, 0.15) is 5.78 Å². The molecule has 0 spiro atoms. The lowest BCUT2D eigenvalue weighted by molar-refractivity contribution is -0.117. The molecule has 1 aliphatic carbocycles. The van der Waals surface area contributed by atoms with E-state index in [0.717, 1.165) is 19.3 Å². The van der Waals surface area contributed by atoms with Crippen LogP contribution in [0.25, 0.3) is 0 Å². The van der Waals surface area contributed by atoms with Crippen molar-refractivity contribution >= 4 is 5.78 Å². The molecule has 0 radical (unpaired) electrons. The Morgan fingerprint density at radius 3 is 1.90 bits per heavy atom. The second-order valence-corrected chi connectivity index (χ2v) is 3.38. The molecule has 10 heavy (non-hydrogen) atoms. The fraction of sp³-hybridized carbons (Fsp3) is 0.889. The van der Waals surface area contributed by atoms with Crippen LogP contribution >= 0.6 is 0 Å². The van der Waals surface area contributed by atoms with Crippen LogP contribution in [0.1, 0.15) is 47.0 Å². The van der Waals surface area contributed by atoms with E-state index in [2.05, 4.69) is 13.8 Å². The summed E-state index contributed by atoms with van der Waals surface area (Å²) < 4.78 is 0. The van der Waals surface area contributed by atoms with Gasteiger partial charge in [-0.25, -0.2) is 0 Å². The van der Waals surface area contributed by atoms with Gasteiger partial charge in [0, 0.05) is 12.8 Å². The minimum absolute atomic E-state index is 0.317. The molecule has 0 amide bonds. The van der Waals surface area contributed by atoms with Gasteiger partial charge in [-0.2, -0.15) is 0 Å². The lowest BCUT2D eigenvalue weighted by Gasteiger charge is -2.12. The third kappa shape index (κ3) is 3.00. The van der Waals surface area contributed by atoms with Crippen LogP contribution in [0.5, 0.6) is 0 Å². The van der Waals surface area contributed by atoms with Gasteiger partial charge in [0.05, 0.1) is 0 Å². The van der Waals surface area contributed by atoms with Crippen LogP contribution in [-0.4, -0.2) is 5.78 Å². The molecule has 0 heterocycles. The number of hydrogen-bond donors (Lipinski definition) is 0. The first-order valence-electron chi connectivity index (χ1n) is 4.12. The normalized spacial score (nSPS) is 21.8. The molecule has 0 saturated heterocycles. The highest BCUT2D eigenvalue weighted by Crippen LogP contribution is 2.33. The molecule has 60 valence electrons. The predicted octanol–water partition coefficient (Wildman–Crippen LogP) is 2.79. The van der Waals surface area contributed by atoms with E-state index < -0.39 is 0 Å². The van der Waals surface area contributed by atoms with E-state index >= 15 is 0 Å². The summed E-state index contributed by atoms with van der Waals surface area (Å²) in [6.45, 7) is 8.30. The van der Waals surface area contributed by atoms with Crippen molar-refractivity contribution in [3.8, 4) is 0 Å². The topological polar surface area (TPSA) is 17.1 Å². The zero-order valence-electron chi connectivity index (χ0n) is 7.53. The molecule has 1 saturated carbocycles. The van der Waals surface area contributed by atoms with Gasteiger partial charge >= 0.3 is 0 Å². The van der Waals surface area contributed by atoms with Crippen LogP contribution in [-0.2, 0) is 4.79 Å². The van der Waals surface area contributed by atoms with Crippen molar-refractivity contribution in [1.82, 2.24) is 0 Å². The third-order valence-electron chi connectivity index (χ3n) is 1.76. The van der Waals surface area contributed by atoms with Crippen LogP contribution in [0.3, 0.4) is 0 Å². The van der Waals surface area contributed by atoms with Crippen LogP contribution in [0.15, 0.2) is 0 Å². The smallest absolute Gasteiger partial charge is 0.133 e. The van der Waals surface area contributed by atoms with E-state index in [4.69, 9.17) is 0 Å². The maximum Gasteiger partial charge on any atom is 0.133 e. The van der Waals surface area contributed by atoms with Crippen LogP contribution in [0.2, 0.25) is 0 Å². The Labute approximate surface area is 63.8 Å². The molecular formula is C9H18O. The first kappa shape index (κ1) is 9.67. The molecule has 0 N–H and O–H groups in total. The van der Waals surface area contributed by atoms with Crippen LogP contribution in [0.4, 0.5) is 0 Å². The molecule has 0 atom stereocenters. The number of hydrogen-bond acceptors (Lipinski definition) is 1. The minimum atomic E-state index is 0.317. The average molecular weight is 142 g/mol. The average Bonchev–Trinajstić information content (AvgIpc) is 2.15. The fourth-order valence-corrected chi connectivity index (χ4v) is 1.19. The Morgan fingerprint density at radius 1 is 1.30 bits per heavy atom. The monoisotopic (exact) mass is 142 g/mol. The molecule has 1 nitrogen and oxygen atoms in total. The highest BCUT2D eigenvalue weighted by Gasteiger charge is 2.28. The highest BCUT2D eigenvalue weighted by molar-refractivity contribution is 5.81. The van der Waals surface area contributed by atoms with E-state index in [1.165, 1.54) is 0 Å². The van der Waals surface area contributed by atoms with Crippen LogP contribution in [0, 0.1) is 5.41 Å². The Kier molecular flexibility index (Phi) is 3.62. The summed E-state index contributed by atoms with van der Waals surface area (Å²) in [6.07, 6.45) is 2.70. The first-order valence-corrected chi connectivity index (χ1v) is 4.12. The van der Waals surface area contributed by atoms with E-state index in [1.54, 1.807) is 0 Å². The standard InChI is InChI=1S/C7H12O.C2H6/c1-7(2)4-3-6(8)5-7;1-2/h3-5H2,1-2H3;1-2H3. The largest absolute Gasteiger partial charge is 0.300 e.